The minimum absolute atomic E-state index is 0. The number of rotatable bonds is 5. The predicted octanol–water partition coefficient (Wildman–Crippen LogP) is 2.13. The van der Waals surface area contributed by atoms with E-state index in [1.165, 1.54) is 10.4 Å². The molecule has 0 aliphatic rings. The smallest absolute Gasteiger partial charge is 0.0302 e. The highest BCUT2D eigenvalue weighted by Crippen LogP contribution is 2.14. The summed E-state index contributed by atoms with van der Waals surface area (Å²) in [6.07, 6.45) is 0. The number of nitrogens with zero attached hydrogens (tertiary/aromatic N) is 1. The van der Waals surface area contributed by atoms with E-state index in [-0.39, 0.29) is 12.4 Å². The Balaban J connectivity index is 0.00000169. The molecule has 0 aliphatic carbocycles. The van der Waals surface area contributed by atoms with E-state index in [4.69, 9.17) is 0 Å². The van der Waals surface area contributed by atoms with Crippen LogP contribution in [0.2, 0.25) is 0 Å². The quantitative estimate of drug-likeness (QED) is 0.786. The molecule has 0 fully saturated rings. The molecule has 1 heterocycles. The molecule has 0 radical (unpaired) electrons. The number of halogens is 1. The minimum Gasteiger partial charge on any atom is -0.311 e. The zero-order valence-corrected chi connectivity index (χ0v) is 10.7. The molecule has 1 aromatic rings. The van der Waals surface area contributed by atoms with Crippen molar-refractivity contribution in [2.45, 2.75) is 13.5 Å². The van der Waals surface area contributed by atoms with Crippen molar-refractivity contribution in [2.75, 3.05) is 27.2 Å². The molecule has 0 aliphatic heterocycles. The molecule has 0 spiro atoms. The summed E-state index contributed by atoms with van der Waals surface area (Å²) >= 11 is 1.83. The Hall–Kier alpha value is -0.0900. The zero-order chi connectivity index (χ0) is 9.68. The van der Waals surface area contributed by atoms with E-state index in [0.717, 1.165) is 19.6 Å². The van der Waals surface area contributed by atoms with E-state index in [2.05, 4.69) is 42.7 Å². The molecule has 0 aromatic carbocycles. The van der Waals surface area contributed by atoms with Crippen molar-refractivity contribution in [1.82, 2.24) is 10.2 Å². The predicted molar refractivity (Wildman–Crippen MR) is 66.6 cm³/mol. The molecule has 0 saturated heterocycles. The standard InChI is InChI=1S/C10H18N2S.ClH/c1-9-4-7-13-10(9)8-11-5-6-12(2)3;/h4,7,11H,5-6,8H2,1-3H3;1H. The molecular weight excluding hydrogens is 216 g/mol. The van der Waals surface area contributed by atoms with E-state index in [9.17, 15) is 0 Å². The summed E-state index contributed by atoms with van der Waals surface area (Å²) in [6, 6.07) is 2.17. The molecule has 0 atom stereocenters. The van der Waals surface area contributed by atoms with Gasteiger partial charge in [0.2, 0.25) is 0 Å². The van der Waals surface area contributed by atoms with E-state index in [0.29, 0.717) is 0 Å². The van der Waals surface area contributed by atoms with Gasteiger partial charge in [0.1, 0.15) is 0 Å². The first kappa shape index (κ1) is 13.9. The third-order valence-corrected chi connectivity index (χ3v) is 3.01. The van der Waals surface area contributed by atoms with E-state index < -0.39 is 0 Å². The molecular formula is C10H19ClN2S. The Morgan fingerprint density at radius 3 is 2.64 bits per heavy atom. The van der Waals surface area contributed by atoms with E-state index >= 15 is 0 Å². The molecule has 0 saturated carbocycles. The van der Waals surface area contributed by atoms with Gasteiger partial charge in [0.25, 0.3) is 0 Å². The maximum Gasteiger partial charge on any atom is 0.0302 e. The zero-order valence-electron chi connectivity index (χ0n) is 9.04. The Morgan fingerprint density at radius 2 is 2.14 bits per heavy atom. The summed E-state index contributed by atoms with van der Waals surface area (Å²) in [6.45, 7) is 5.34. The fourth-order valence-corrected chi connectivity index (χ4v) is 1.97. The Kier molecular flexibility index (Phi) is 7.19. The average Bonchev–Trinajstić information content (AvgIpc) is 2.45. The van der Waals surface area contributed by atoms with Crippen LogP contribution < -0.4 is 5.32 Å². The van der Waals surface area contributed by atoms with Crippen molar-refractivity contribution >= 4 is 23.7 Å². The molecule has 2 nitrogen and oxygen atoms in total. The van der Waals surface area contributed by atoms with Gasteiger partial charge in [0, 0.05) is 24.5 Å². The maximum atomic E-state index is 3.43. The van der Waals surface area contributed by atoms with Crippen molar-refractivity contribution in [3.8, 4) is 0 Å². The lowest BCUT2D eigenvalue weighted by Crippen LogP contribution is -2.26. The molecule has 1 rings (SSSR count). The lowest BCUT2D eigenvalue weighted by molar-refractivity contribution is 0.400. The Labute approximate surface area is 96.7 Å². The molecule has 82 valence electrons. The first-order chi connectivity index (χ1) is 6.20. The summed E-state index contributed by atoms with van der Waals surface area (Å²) in [4.78, 5) is 3.65. The van der Waals surface area contributed by atoms with Crippen LogP contribution in [-0.4, -0.2) is 32.1 Å². The van der Waals surface area contributed by atoms with Crippen molar-refractivity contribution in [3.05, 3.63) is 21.9 Å². The molecule has 0 amide bonds. The van der Waals surface area contributed by atoms with Crippen LogP contribution in [0.15, 0.2) is 11.4 Å². The van der Waals surface area contributed by atoms with Crippen molar-refractivity contribution in [3.63, 3.8) is 0 Å². The number of hydrogen-bond acceptors (Lipinski definition) is 3. The fraction of sp³-hybridized carbons (Fsp3) is 0.600. The number of nitrogens with one attached hydrogen (secondary N) is 1. The molecule has 0 unspecified atom stereocenters. The molecule has 1 N–H and O–H groups in total. The minimum atomic E-state index is 0. The summed E-state index contributed by atoms with van der Waals surface area (Å²) in [5.74, 6) is 0. The van der Waals surface area contributed by atoms with Gasteiger partial charge >= 0.3 is 0 Å². The lowest BCUT2D eigenvalue weighted by Gasteiger charge is -2.09. The number of thiophene rings is 1. The summed E-state index contributed by atoms with van der Waals surface area (Å²) in [5, 5.41) is 5.58. The second-order valence-corrected chi connectivity index (χ2v) is 4.51. The summed E-state index contributed by atoms with van der Waals surface area (Å²) in [7, 11) is 4.19. The van der Waals surface area contributed by atoms with Crippen LogP contribution in [0.1, 0.15) is 10.4 Å². The van der Waals surface area contributed by atoms with Crippen LogP contribution in [0.4, 0.5) is 0 Å². The fourth-order valence-electron chi connectivity index (χ4n) is 1.09. The monoisotopic (exact) mass is 234 g/mol. The van der Waals surface area contributed by atoms with Crippen LogP contribution in [0.3, 0.4) is 0 Å². The number of hydrogen-bond donors (Lipinski definition) is 1. The van der Waals surface area contributed by atoms with Gasteiger partial charge < -0.3 is 10.2 Å². The van der Waals surface area contributed by atoms with Gasteiger partial charge in [-0.2, -0.15) is 0 Å². The van der Waals surface area contributed by atoms with Crippen LogP contribution in [0.5, 0.6) is 0 Å². The number of likely N-dealkylation sites (N-methyl/N-ethyl adjacent to an activating group) is 1. The normalized spacial score (nSPS) is 10.3. The van der Waals surface area contributed by atoms with Gasteiger partial charge in [-0.3, -0.25) is 0 Å². The van der Waals surface area contributed by atoms with E-state index in [1.807, 2.05) is 11.3 Å². The van der Waals surface area contributed by atoms with Gasteiger partial charge in [-0.05, 0) is 38.0 Å². The Bertz CT molecular complexity index is 248. The van der Waals surface area contributed by atoms with Gasteiger partial charge in [-0.15, -0.1) is 23.7 Å². The SMILES string of the molecule is Cc1ccsc1CNCCN(C)C.Cl. The molecule has 4 heteroatoms. The molecule has 1 aromatic heterocycles. The second kappa shape index (κ2) is 7.23. The summed E-state index contributed by atoms with van der Waals surface area (Å²) in [5.41, 5.74) is 1.40. The van der Waals surface area contributed by atoms with Crippen LogP contribution in [-0.2, 0) is 6.54 Å². The first-order valence-corrected chi connectivity index (χ1v) is 5.46. The lowest BCUT2D eigenvalue weighted by atomic mass is 10.3. The largest absolute Gasteiger partial charge is 0.311 e. The third kappa shape index (κ3) is 4.96. The van der Waals surface area contributed by atoms with Crippen LogP contribution in [0.25, 0.3) is 0 Å². The van der Waals surface area contributed by atoms with Crippen molar-refractivity contribution in [2.24, 2.45) is 0 Å². The highest BCUT2D eigenvalue weighted by atomic mass is 35.5. The maximum absolute atomic E-state index is 3.43. The third-order valence-electron chi connectivity index (χ3n) is 1.99. The van der Waals surface area contributed by atoms with Gasteiger partial charge in [-0.1, -0.05) is 0 Å². The van der Waals surface area contributed by atoms with Crippen molar-refractivity contribution in [1.29, 1.82) is 0 Å². The Morgan fingerprint density at radius 1 is 1.43 bits per heavy atom. The highest BCUT2D eigenvalue weighted by Gasteiger charge is 1.98. The van der Waals surface area contributed by atoms with Gasteiger partial charge in [0.15, 0.2) is 0 Å². The molecule has 14 heavy (non-hydrogen) atoms. The summed E-state index contributed by atoms with van der Waals surface area (Å²) < 4.78 is 0. The van der Waals surface area contributed by atoms with Gasteiger partial charge in [0.05, 0.1) is 0 Å². The van der Waals surface area contributed by atoms with Crippen LogP contribution in [0, 0.1) is 6.92 Å². The van der Waals surface area contributed by atoms with Gasteiger partial charge in [-0.25, -0.2) is 0 Å². The second-order valence-electron chi connectivity index (χ2n) is 3.51. The molecule has 0 bridgehead atoms. The highest BCUT2D eigenvalue weighted by molar-refractivity contribution is 7.10. The topological polar surface area (TPSA) is 15.3 Å². The van der Waals surface area contributed by atoms with E-state index in [1.54, 1.807) is 0 Å². The number of aryl methyl sites for hydroxylation is 1. The first-order valence-electron chi connectivity index (χ1n) is 4.58. The van der Waals surface area contributed by atoms with Crippen molar-refractivity contribution < 1.29 is 0 Å². The average molecular weight is 235 g/mol. The van der Waals surface area contributed by atoms with Crippen LogP contribution >= 0.6 is 23.7 Å².